The Morgan fingerprint density at radius 1 is 1.11 bits per heavy atom. The van der Waals surface area contributed by atoms with E-state index in [2.05, 4.69) is 10.2 Å². The van der Waals surface area contributed by atoms with Crippen molar-refractivity contribution in [3.63, 3.8) is 0 Å². The first-order chi connectivity index (χ1) is 13.5. The van der Waals surface area contributed by atoms with Gasteiger partial charge in [0.1, 0.15) is 6.54 Å². The number of ether oxygens (including phenoxy) is 1. The second-order valence-corrected chi connectivity index (χ2v) is 7.03. The van der Waals surface area contributed by atoms with Crippen molar-refractivity contribution in [2.24, 2.45) is 0 Å². The van der Waals surface area contributed by atoms with Gasteiger partial charge in [0.05, 0.1) is 24.6 Å². The molecule has 0 atom stereocenters. The molecule has 0 unspecified atom stereocenters. The van der Waals surface area contributed by atoms with Crippen LogP contribution in [0.3, 0.4) is 0 Å². The normalized spacial score (nSPS) is 13.9. The molecular weight excluding hydrogens is 354 g/mol. The Kier molecular flexibility index (Phi) is 6.66. The summed E-state index contributed by atoms with van der Waals surface area (Å²) in [5.41, 5.74) is 3.88. The van der Waals surface area contributed by atoms with Gasteiger partial charge in [-0.05, 0) is 24.6 Å². The number of morpholine rings is 1. The van der Waals surface area contributed by atoms with Crippen LogP contribution >= 0.6 is 0 Å². The van der Waals surface area contributed by atoms with E-state index in [4.69, 9.17) is 4.74 Å². The molecule has 2 amide bonds. The van der Waals surface area contributed by atoms with Gasteiger partial charge in [-0.25, -0.2) is 0 Å². The second kappa shape index (κ2) is 9.37. The number of hydrogen-bond donors (Lipinski definition) is 1. The van der Waals surface area contributed by atoms with Crippen LogP contribution < -0.4 is 10.2 Å². The maximum atomic E-state index is 12.7. The number of carbonyl (C=O) groups is 2. The Hall–Kier alpha value is -2.86. The van der Waals surface area contributed by atoms with Crippen LogP contribution in [0.4, 0.5) is 11.4 Å². The highest BCUT2D eigenvalue weighted by molar-refractivity contribution is 5.97. The van der Waals surface area contributed by atoms with Crippen molar-refractivity contribution in [2.75, 3.05) is 43.1 Å². The van der Waals surface area contributed by atoms with Crippen LogP contribution in [0.25, 0.3) is 0 Å². The zero-order valence-electron chi connectivity index (χ0n) is 16.5. The van der Waals surface area contributed by atoms with E-state index in [1.54, 1.807) is 4.90 Å². The van der Waals surface area contributed by atoms with E-state index in [0.717, 1.165) is 35.6 Å². The third-order valence-corrected chi connectivity index (χ3v) is 4.77. The first kappa shape index (κ1) is 19.9. The number of aryl methyl sites for hydroxylation is 1. The molecule has 1 N–H and O–H groups in total. The number of carbonyl (C=O) groups excluding carboxylic acids is 2. The molecule has 28 heavy (non-hydrogen) atoms. The molecule has 0 radical (unpaired) electrons. The molecule has 1 aliphatic heterocycles. The number of amides is 2. The summed E-state index contributed by atoms with van der Waals surface area (Å²) in [6.07, 6.45) is 0. The Balaban J connectivity index is 1.67. The minimum Gasteiger partial charge on any atom is -0.378 e. The lowest BCUT2D eigenvalue weighted by atomic mass is 10.1. The van der Waals surface area contributed by atoms with Crippen LogP contribution in [0, 0.1) is 6.92 Å². The topological polar surface area (TPSA) is 61.9 Å². The molecule has 0 aliphatic carbocycles. The van der Waals surface area contributed by atoms with E-state index in [9.17, 15) is 9.59 Å². The lowest BCUT2D eigenvalue weighted by Crippen LogP contribution is -2.38. The van der Waals surface area contributed by atoms with Crippen LogP contribution in [-0.2, 0) is 20.9 Å². The highest BCUT2D eigenvalue weighted by atomic mass is 16.5. The van der Waals surface area contributed by atoms with E-state index in [1.807, 2.05) is 55.5 Å². The molecule has 2 aromatic carbocycles. The maximum absolute atomic E-state index is 12.7. The molecule has 1 heterocycles. The zero-order valence-corrected chi connectivity index (χ0v) is 16.5. The van der Waals surface area contributed by atoms with E-state index >= 15 is 0 Å². The Bertz CT molecular complexity index is 831. The molecule has 1 saturated heterocycles. The number of nitrogens with one attached hydrogen (secondary N) is 1. The molecule has 0 bridgehead atoms. The van der Waals surface area contributed by atoms with Gasteiger partial charge in [0.15, 0.2) is 0 Å². The average molecular weight is 381 g/mol. The van der Waals surface area contributed by atoms with Crippen molar-refractivity contribution >= 4 is 23.2 Å². The number of para-hydroxylation sites is 2. The molecule has 0 spiro atoms. The summed E-state index contributed by atoms with van der Waals surface area (Å²) in [4.78, 5) is 28.5. The van der Waals surface area contributed by atoms with Crippen molar-refractivity contribution in [2.45, 2.75) is 20.4 Å². The SMILES string of the molecule is CC(=O)N(CC(=O)Nc1ccccc1N1CCOCC1)Cc1cccc(C)c1. The van der Waals surface area contributed by atoms with E-state index in [-0.39, 0.29) is 18.4 Å². The largest absolute Gasteiger partial charge is 0.378 e. The monoisotopic (exact) mass is 381 g/mol. The Morgan fingerprint density at radius 3 is 2.57 bits per heavy atom. The van der Waals surface area contributed by atoms with Gasteiger partial charge in [-0.2, -0.15) is 0 Å². The fraction of sp³-hybridized carbons (Fsp3) is 0.364. The molecule has 148 valence electrons. The van der Waals surface area contributed by atoms with Crippen molar-refractivity contribution in [3.8, 4) is 0 Å². The van der Waals surface area contributed by atoms with E-state index < -0.39 is 0 Å². The summed E-state index contributed by atoms with van der Waals surface area (Å²) in [5, 5.41) is 2.98. The summed E-state index contributed by atoms with van der Waals surface area (Å²) in [6, 6.07) is 15.7. The van der Waals surface area contributed by atoms with Gasteiger partial charge in [0.25, 0.3) is 0 Å². The molecule has 1 aliphatic rings. The van der Waals surface area contributed by atoms with Crippen LogP contribution in [0.1, 0.15) is 18.1 Å². The van der Waals surface area contributed by atoms with Gasteiger partial charge in [-0.15, -0.1) is 0 Å². The van der Waals surface area contributed by atoms with E-state index in [0.29, 0.717) is 19.8 Å². The second-order valence-electron chi connectivity index (χ2n) is 7.03. The highest BCUT2D eigenvalue weighted by Crippen LogP contribution is 2.26. The van der Waals surface area contributed by atoms with E-state index in [1.165, 1.54) is 6.92 Å². The Labute approximate surface area is 166 Å². The number of nitrogens with zero attached hydrogens (tertiary/aromatic N) is 2. The molecular formula is C22H27N3O3. The molecule has 3 rings (SSSR count). The summed E-state index contributed by atoms with van der Waals surface area (Å²) in [7, 11) is 0. The third kappa shape index (κ3) is 5.33. The fourth-order valence-electron chi connectivity index (χ4n) is 3.33. The Morgan fingerprint density at radius 2 is 1.86 bits per heavy atom. The number of benzene rings is 2. The predicted octanol–water partition coefficient (Wildman–Crippen LogP) is 2.82. The van der Waals surface area contributed by atoms with Gasteiger partial charge in [-0.1, -0.05) is 42.0 Å². The van der Waals surface area contributed by atoms with Crippen molar-refractivity contribution in [1.29, 1.82) is 0 Å². The molecule has 1 fully saturated rings. The first-order valence-electron chi connectivity index (χ1n) is 9.55. The lowest BCUT2D eigenvalue weighted by Gasteiger charge is -2.30. The van der Waals surface area contributed by atoms with Crippen LogP contribution in [0.2, 0.25) is 0 Å². The molecule has 0 aromatic heterocycles. The summed E-state index contributed by atoms with van der Waals surface area (Å²) >= 11 is 0. The van der Waals surface area contributed by atoms with Crippen molar-refractivity contribution < 1.29 is 14.3 Å². The van der Waals surface area contributed by atoms with Gasteiger partial charge in [0.2, 0.25) is 11.8 Å². The maximum Gasteiger partial charge on any atom is 0.244 e. The summed E-state index contributed by atoms with van der Waals surface area (Å²) in [5.74, 6) is -0.332. The summed E-state index contributed by atoms with van der Waals surface area (Å²) < 4.78 is 5.41. The van der Waals surface area contributed by atoms with Crippen LogP contribution in [-0.4, -0.2) is 49.6 Å². The molecule has 0 saturated carbocycles. The minimum atomic E-state index is -0.205. The zero-order chi connectivity index (χ0) is 19.9. The number of hydrogen-bond acceptors (Lipinski definition) is 4. The standard InChI is InChI=1S/C22H27N3O3/c1-17-6-5-7-19(14-17)15-25(18(2)26)16-22(27)23-20-8-3-4-9-21(20)24-10-12-28-13-11-24/h3-9,14H,10-13,15-16H2,1-2H3,(H,23,27). The molecule has 6 nitrogen and oxygen atoms in total. The average Bonchev–Trinajstić information content (AvgIpc) is 2.68. The van der Waals surface area contributed by atoms with Gasteiger partial charge in [0, 0.05) is 26.6 Å². The highest BCUT2D eigenvalue weighted by Gasteiger charge is 2.18. The predicted molar refractivity (Wildman–Crippen MR) is 110 cm³/mol. The number of rotatable bonds is 6. The molecule has 6 heteroatoms. The first-order valence-corrected chi connectivity index (χ1v) is 9.55. The van der Waals surface area contributed by atoms with Crippen LogP contribution in [0.15, 0.2) is 48.5 Å². The smallest absolute Gasteiger partial charge is 0.244 e. The van der Waals surface area contributed by atoms with Crippen molar-refractivity contribution in [3.05, 3.63) is 59.7 Å². The lowest BCUT2D eigenvalue weighted by molar-refractivity contribution is -0.133. The summed E-state index contributed by atoms with van der Waals surface area (Å²) in [6.45, 7) is 6.87. The van der Waals surface area contributed by atoms with Crippen molar-refractivity contribution in [1.82, 2.24) is 4.90 Å². The van der Waals surface area contributed by atoms with Crippen LogP contribution in [0.5, 0.6) is 0 Å². The quantitative estimate of drug-likeness (QED) is 0.836. The fourth-order valence-corrected chi connectivity index (χ4v) is 3.33. The van der Waals surface area contributed by atoms with Gasteiger partial charge >= 0.3 is 0 Å². The minimum absolute atomic E-state index is 0.0146. The third-order valence-electron chi connectivity index (χ3n) is 4.77. The van der Waals surface area contributed by atoms with Gasteiger partial charge in [-0.3, -0.25) is 9.59 Å². The molecule has 2 aromatic rings. The number of anilines is 2. The van der Waals surface area contributed by atoms with Gasteiger partial charge < -0.3 is 19.9 Å².